The van der Waals surface area contributed by atoms with Crippen LogP contribution in [0, 0.1) is 13.8 Å². The Morgan fingerprint density at radius 2 is 1.53 bits per heavy atom. The van der Waals surface area contributed by atoms with E-state index in [0.29, 0.717) is 11.3 Å². The van der Waals surface area contributed by atoms with Crippen molar-refractivity contribution in [1.82, 2.24) is 0 Å². The normalized spacial score (nSPS) is 15.1. The monoisotopic (exact) mass is 206 g/mol. The lowest BCUT2D eigenvalue weighted by Crippen LogP contribution is -2.10. The number of aliphatic hydroxyl groups excluding tert-OH is 1. The molecule has 0 heterocycles. The Labute approximate surface area is 90.6 Å². The van der Waals surface area contributed by atoms with E-state index in [0.717, 1.165) is 24.0 Å². The van der Waals surface area contributed by atoms with E-state index in [1.807, 2.05) is 13.8 Å². The van der Waals surface area contributed by atoms with E-state index < -0.39 is 0 Å². The van der Waals surface area contributed by atoms with Gasteiger partial charge in [0, 0.05) is 5.56 Å². The van der Waals surface area contributed by atoms with Crippen LogP contribution in [0.3, 0.4) is 0 Å². The number of aliphatic hydroxyl groups is 1. The molecule has 0 unspecified atom stereocenters. The molecule has 0 radical (unpaired) electrons. The van der Waals surface area contributed by atoms with Crippen LogP contribution in [0.5, 0.6) is 5.75 Å². The fourth-order valence-electron chi connectivity index (χ4n) is 2.66. The van der Waals surface area contributed by atoms with Crippen LogP contribution >= 0.6 is 0 Å². The number of hydrogen-bond donors (Lipinski definition) is 2. The zero-order valence-electron chi connectivity index (χ0n) is 9.43. The molecule has 2 nitrogen and oxygen atoms in total. The number of benzene rings is 1. The van der Waals surface area contributed by atoms with Crippen molar-refractivity contribution in [3.63, 3.8) is 0 Å². The number of rotatable bonds is 1. The molecule has 1 aromatic rings. The van der Waals surface area contributed by atoms with Crippen LogP contribution in [0.15, 0.2) is 0 Å². The third kappa shape index (κ3) is 1.53. The standard InChI is InChI=1S/C13H18O2/c1-8-10-5-3-4-6-11(10)9(2)13(15)12(8)7-14/h14-15H,3-7H2,1-2H3. The van der Waals surface area contributed by atoms with Crippen molar-refractivity contribution in [2.45, 2.75) is 46.1 Å². The highest BCUT2D eigenvalue weighted by Crippen LogP contribution is 2.36. The highest BCUT2D eigenvalue weighted by Gasteiger charge is 2.20. The Bertz CT molecular complexity index is 394. The van der Waals surface area contributed by atoms with Gasteiger partial charge in [-0.2, -0.15) is 0 Å². The molecule has 0 fully saturated rings. The molecule has 0 saturated heterocycles. The predicted octanol–water partition coefficient (Wildman–Crippen LogP) is 2.38. The van der Waals surface area contributed by atoms with Crippen LogP contribution in [0.1, 0.15) is 40.7 Å². The summed E-state index contributed by atoms with van der Waals surface area (Å²) >= 11 is 0. The molecule has 0 amide bonds. The third-order valence-electron chi connectivity index (χ3n) is 3.62. The maximum atomic E-state index is 9.97. The van der Waals surface area contributed by atoms with Crippen molar-refractivity contribution in [3.8, 4) is 5.75 Å². The van der Waals surface area contributed by atoms with Crippen molar-refractivity contribution < 1.29 is 10.2 Å². The topological polar surface area (TPSA) is 40.5 Å². The van der Waals surface area contributed by atoms with E-state index in [2.05, 4.69) is 0 Å². The minimum Gasteiger partial charge on any atom is -0.507 e. The smallest absolute Gasteiger partial charge is 0.124 e. The molecule has 0 saturated carbocycles. The average Bonchev–Trinajstić information content (AvgIpc) is 2.27. The molecule has 0 aromatic heterocycles. The van der Waals surface area contributed by atoms with Gasteiger partial charge in [0.25, 0.3) is 0 Å². The first-order chi connectivity index (χ1) is 7.16. The SMILES string of the molecule is Cc1c(O)c(CO)c(C)c2c1CCCC2. The largest absolute Gasteiger partial charge is 0.507 e. The Morgan fingerprint density at radius 3 is 2.07 bits per heavy atom. The lowest BCUT2D eigenvalue weighted by Gasteiger charge is -2.23. The average molecular weight is 206 g/mol. The quantitative estimate of drug-likeness (QED) is 0.740. The van der Waals surface area contributed by atoms with Gasteiger partial charge in [0.1, 0.15) is 5.75 Å². The molecular weight excluding hydrogens is 188 g/mol. The van der Waals surface area contributed by atoms with Gasteiger partial charge >= 0.3 is 0 Å². The summed E-state index contributed by atoms with van der Waals surface area (Å²) < 4.78 is 0. The molecule has 2 heteroatoms. The molecule has 0 bridgehead atoms. The van der Waals surface area contributed by atoms with E-state index in [4.69, 9.17) is 0 Å². The summed E-state index contributed by atoms with van der Waals surface area (Å²) in [5, 5.41) is 19.2. The maximum absolute atomic E-state index is 9.97. The minimum atomic E-state index is -0.0637. The van der Waals surface area contributed by atoms with Crippen molar-refractivity contribution in [2.24, 2.45) is 0 Å². The molecule has 1 aliphatic carbocycles. The van der Waals surface area contributed by atoms with Gasteiger partial charge in [-0.1, -0.05) is 0 Å². The molecule has 1 aromatic carbocycles. The van der Waals surface area contributed by atoms with Gasteiger partial charge in [-0.25, -0.2) is 0 Å². The highest BCUT2D eigenvalue weighted by atomic mass is 16.3. The molecule has 82 valence electrons. The van der Waals surface area contributed by atoms with Gasteiger partial charge in [0.15, 0.2) is 0 Å². The lowest BCUT2D eigenvalue weighted by molar-refractivity contribution is 0.274. The number of phenols is 1. The molecule has 1 aliphatic rings. The predicted molar refractivity (Wildman–Crippen MR) is 60.1 cm³/mol. The molecular formula is C13H18O2. The summed E-state index contributed by atoms with van der Waals surface area (Å²) in [6.45, 7) is 3.90. The van der Waals surface area contributed by atoms with Crippen molar-refractivity contribution >= 4 is 0 Å². The molecule has 0 aliphatic heterocycles. The molecule has 15 heavy (non-hydrogen) atoms. The zero-order valence-corrected chi connectivity index (χ0v) is 9.43. The first kappa shape index (κ1) is 10.5. The summed E-state index contributed by atoms with van der Waals surface area (Å²) in [6, 6.07) is 0. The van der Waals surface area contributed by atoms with Gasteiger partial charge in [-0.15, -0.1) is 0 Å². The second kappa shape index (κ2) is 3.86. The molecule has 0 spiro atoms. The van der Waals surface area contributed by atoms with Gasteiger partial charge in [0.2, 0.25) is 0 Å². The lowest BCUT2D eigenvalue weighted by atomic mass is 9.83. The Hall–Kier alpha value is -1.02. The van der Waals surface area contributed by atoms with Crippen molar-refractivity contribution in [3.05, 3.63) is 27.8 Å². The minimum absolute atomic E-state index is 0.0637. The second-order valence-corrected chi connectivity index (χ2v) is 4.40. The Balaban J connectivity index is 2.69. The van der Waals surface area contributed by atoms with Gasteiger partial charge in [-0.3, -0.25) is 0 Å². The first-order valence-corrected chi connectivity index (χ1v) is 5.60. The van der Waals surface area contributed by atoms with Crippen LogP contribution in [-0.4, -0.2) is 10.2 Å². The zero-order chi connectivity index (χ0) is 11.0. The molecule has 2 rings (SSSR count). The van der Waals surface area contributed by atoms with E-state index in [-0.39, 0.29) is 6.61 Å². The second-order valence-electron chi connectivity index (χ2n) is 4.40. The Kier molecular flexibility index (Phi) is 2.70. The molecule has 0 atom stereocenters. The van der Waals surface area contributed by atoms with Crippen molar-refractivity contribution in [2.75, 3.05) is 0 Å². The van der Waals surface area contributed by atoms with E-state index in [1.165, 1.54) is 24.0 Å². The van der Waals surface area contributed by atoms with Crippen LogP contribution in [0.25, 0.3) is 0 Å². The van der Waals surface area contributed by atoms with Crippen LogP contribution in [-0.2, 0) is 19.4 Å². The summed E-state index contributed by atoms with van der Waals surface area (Å²) in [7, 11) is 0. The van der Waals surface area contributed by atoms with Crippen molar-refractivity contribution in [1.29, 1.82) is 0 Å². The van der Waals surface area contributed by atoms with Gasteiger partial charge in [-0.05, 0) is 61.8 Å². The maximum Gasteiger partial charge on any atom is 0.124 e. The summed E-state index contributed by atoms with van der Waals surface area (Å²) in [4.78, 5) is 0. The van der Waals surface area contributed by atoms with Crippen LogP contribution in [0.2, 0.25) is 0 Å². The first-order valence-electron chi connectivity index (χ1n) is 5.60. The fourth-order valence-corrected chi connectivity index (χ4v) is 2.66. The Morgan fingerprint density at radius 1 is 1.00 bits per heavy atom. The number of hydrogen-bond acceptors (Lipinski definition) is 2. The van der Waals surface area contributed by atoms with Gasteiger partial charge < -0.3 is 10.2 Å². The van der Waals surface area contributed by atoms with Crippen LogP contribution in [0.4, 0.5) is 0 Å². The number of fused-ring (bicyclic) bond motifs is 1. The fraction of sp³-hybridized carbons (Fsp3) is 0.538. The summed E-state index contributed by atoms with van der Waals surface area (Å²) in [5.41, 5.74) is 5.46. The molecule has 2 N–H and O–H groups in total. The van der Waals surface area contributed by atoms with Gasteiger partial charge in [0.05, 0.1) is 6.61 Å². The van der Waals surface area contributed by atoms with E-state index in [9.17, 15) is 10.2 Å². The number of aromatic hydroxyl groups is 1. The van der Waals surface area contributed by atoms with E-state index in [1.54, 1.807) is 0 Å². The van der Waals surface area contributed by atoms with E-state index >= 15 is 0 Å². The van der Waals surface area contributed by atoms with Crippen LogP contribution < -0.4 is 0 Å². The summed E-state index contributed by atoms with van der Waals surface area (Å²) in [6.07, 6.45) is 4.60. The third-order valence-corrected chi connectivity index (χ3v) is 3.62. The highest BCUT2D eigenvalue weighted by molar-refractivity contribution is 5.54. The summed E-state index contributed by atoms with van der Waals surface area (Å²) in [5.74, 6) is 0.302.